The summed E-state index contributed by atoms with van der Waals surface area (Å²) in [5.74, 6) is 1.01. The lowest BCUT2D eigenvalue weighted by atomic mass is 10.3. The van der Waals surface area contributed by atoms with Crippen LogP contribution in [0.1, 0.15) is 11.7 Å². The highest BCUT2D eigenvalue weighted by molar-refractivity contribution is 5.77. The predicted octanol–water partition coefficient (Wildman–Crippen LogP) is -1.10. The van der Waals surface area contributed by atoms with Gasteiger partial charge in [0.2, 0.25) is 11.8 Å². The first-order valence-corrected chi connectivity index (χ1v) is 5.73. The minimum Gasteiger partial charge on any atom is -0.346 e. The topological polar surface area (TPSA) is 83.3 Å². The second-order valence-electron chi connectivity index (χ2n) is 4.04. The fourth-order valence-electron chi connectivity index (χ4n) is 1.71. The second-order valence-corrected chi connectivity index (χ2v) is 4.04. The number of piperazine rings is 1. The Labute approximate surface area is 99.6 Å². The summed E-state index contributed by atoms with van der Waals surface area (Å²) >= 11 is 0. The van der Waals surface area contributed by atoms with Crippen molar-refractivity contribution in [3.05, 3.63) is 11.7 Å². The third-order valence-corrected chi connectivity index (χ3v) is 2.58. The molecule has 1 amide bonds. The number of aryl methyl sites for hydroxylation is 1. The average molecular weight is 239 g/mol. The number of nitrogens with zero attached hydrogens (tertiary/aromatic N) is 3. The third-order valence-electron chi connectivity index (χ3n) is 2.58. The largest absolute Gasteiger partial charge is 0.346 e. The van der Waals surface area contributed by atoms with E-state index in [1.807, 2.05) is 0 Å². The minimum absolute atomic E-state index is 0.0113. The summed E-state index contributed by atoms with van der Waals surface area (Å²) in [7, 11) is 0. The van der Waals surface area contributed by atoms with Crippen LogP contribution in [0.25, 0.3) is 0 Å². The summed E-state index contributed by atoms with van der Waals surface area (Å²) in [4.78, 5) is 17.8. The molecule has 1 fully saturated rings. The lowest BCUT2D eigenvalue weighted by Crippen LogP contribution is -2.47. The summed E-state index contributed by atoms with van der Waals surface area (Å²) in [5.41, 5.74) is 0. The van der Waals surface area contributed by atoms with Crippen molar-refractivity contribution in [3.8, 4) is 0 Å². The molecule has 0 atom stereocenters. The van der Waals surface area contributed by atoms with Gasteiger partial charge in [-0.25, -0.2) is 0 Å². The van der Waals surface area contributed by atoms with Gasteiger partial charge in [-0.05, 0) is 6.92 Å². The molecule has 17 heavy (non-hydrogen) atoms. The summed E-state index contributed by atoms with van der Waals surface area (Å²) in [6.07, 6.45) is 0. The standard InChI is InChI=1S/C10H17N5O2/c1-8-13-10(17-14-8)6-12-9(16)7-15-4-2-11-3-5-15/h11H,2-7H2,1H3,(H,12,16). The molecule has 7 nitrogen and oxygen atoms in total. The molecule has 0 radical (unpaired) electrons. The molecule has 1 saturated heterocycles. The van der Waals surface area contributed by atoms with Crippen LogP contribution >= 0.6 is 0 Å². The minimum atomic E-state index is -0.0113. The first-order chi connectivity index (χ1) is 8.24. The number of rotatable bonds is 4. The number of hydrogen-bond donors (Lipinski definition) is 2. The summed E-state index contributed by atoms with van der Waals surface area (Å²) in [6, 6.07) is 0. The van der Waals surface area contributed by atoms with E-state index in [0.717, 1.165) is 26.2 Å². The molecule has 0 bridgehead atoms. The van der Waals surface area contributed by atoms with Gasteiger partial charge < -0.3 is 15.2 Å². The lowest BCUT2D eigenvalue weighted by Gasteiger charge is -2.26. The molecule has 2 rings (SSSR count). The van der Waals surface area contributed by atoms with E-state index in [4.69, 9.17) is 4.52 Å². The van der Waals surface area contributed by atoms with Crippen LogP contribution in [-0.4, -0.2) is 53.7 Å². The van der Waals surface area contributed by atoms with Gasteiger partial charge in [0, 0.05) is 26.2 Å². The zero-order valence-electron chi connectivity index (χ0n) is 9.90. The van der Waals surface area contributed by atoms with E-state index in [-0.39, 0.29) is 5.91 Å². The normalized spacial score (nSPS) is 17.0. The van der Waals surface area contributed by atoms with E-state index in [1.54, 1.807) is 6.92 Å². The number of amides is 1. The lowest BCUT2D eigenvalue weighted by molar-refractivity contribution is -0.122. The van der Waals surface area contributed by atoms with Gasteiger partial charge in [0.15, 0.2) is 5.82 Å². The molecule has 94 valence electrons. The Bertz CT molecular complexity index is 373. The van der Waals surface area contributed by atoms with E-state index in [9.17, 15) is 4.79 Å². The number of nitrogens with one attached hydrogen (secondary N) is 2. The Balaban J connectivity index is 1.70. The van der Waals surface area contributed by atoms with Crippen LogP contribution in [0.4, 0.5) is 0 Å². The maximum absolute atomic E-state index is 11.6. The highest BCUT2D eigenvalue weighted by atomic mass is 16.5. The summed E-state index contributed by atoms with van der Waals surface area (Å²) in [5, 5.41) is 9.66. The fraction of sp³-hybridized carbons (Fsp3) is 0.700. The van der Waals surface area contributed by atoms with Crippen molar-refractivity contribution < 1.29 is 9.32 Å². The van der Waals surface area contributed by atoms with Crippen LogP contribution in [0.15, 0.2) is 4.52 Å². The molecule has 0 spiro atoms. The zero-order valence-corrected chi connectivity index (χ0v) is 9.90. The number of carbonyl (C=O) groups excluding carboxylic acids is 1. The SMILES string of the molecule is Cc1noc(CNC(=O)CN2CCNCC2)n1. The zero-order chi connectivity index (χ0) is 12.1. The first kappa shape index (κ1) is 12.0. The number of hydrogen-bond acceptors (Lipinski definition) is 6. The maximum atomic E-state index is 11.6. The van der Waals surface area contributed by atoms with Crippen molar-refractivity contribution in [1.29, 1.82) is 0 Å². The predicted molar refractivity (Wildman–Crippen MR) is 60.2 cm³/mol. The van der Waals surface area contributed by atoms with Crippen LogP contribution in [0.2, 0.25) is 0 Å². The molecule has 2 heterocycles. The first-order valence-electron chi connectivity index (χ1n) is 5.73. The van der Waals surface area contributed by atoms with E-state index < -0.39 is 0 Å². The van der Waals surface area contributed by atoms with Crippen molar-refractivity contribution in [2.75, 3.05) is 32.7 Å². The Morgan fingerprint density at radius 3 is 2.94 bits per heavy atom. The van der Waals surface area contributed by atoms with Crippen LogP contribution < -0.4 is 10.6 Å². The third kappa shape index (κ3) is 3.79. The highest BCUT2D eigenvalue weighted by Gasteiger charge is 2.13. The molecule has 2 N–H and O–H groups in total. The average Bonchev–Trinajstić information content (AvgIpc) is 2.74. The maximum Gasteiger partial charge on any atom is 0.246 e. The quantitative estimate of drug-likeness (QED) is 0.694. The van der Waals surface area contributed by atoms with E-state index >= 15 is 0 Å². The van der Waals surface area contributed by atoms with Gasteiger partial charge in [-0.3, -0.25) is 9.69 Å². The smallest absolute Gasteiger partial charge is 0.246 e. The highest BCUT2D eigenvalue weighted by Crippen LogP contribution is 1.95. The molecule has 0 unspecified atom stereocenters. The Kier molecular flexibility index (Phi) is 4.05. The van der Waals surface area contributed by atoms with Gasteiger partial charge in [0.05, 0.1) is 13.1 Å². The molecule has 0 aliphatic carbocycles. The van der Waals surface area contributed by atoms with Crippen molar-refractivity contribution in [2.24, 2.45) is 0 Å². The molecule has 1 aliphatic rings. The number of aromatic nitrogens is 2. The summed E-state index contributed by atoms with van der Waals surface area (Å²) in [6.45, 7) is 6.17. The molecule has 1 aliphatic heterocycles. The van der Waals surface area contributed by atoms with Gasteiger partial charge >= 0.3 is 0 Å². The molecular weight excluding hydrogens is 222 g/mol. The molecule has 1 aromatic rings. The van der Waals surface area contributed by atoms with E-state index in [0.29, 0.717) is 24.8 Å². The van der Waals surface area contributed by atoms with Gasteiger partial charge in [-0.2, -0.15) is 4.98 Å². The molecule has 7 heteroatoms. The summed E-state index contributed by atoms with van der Waals surface area (Å²) < 4.78 is 4.91. The van der Waals surface area contributed by atoms with Gasteiger partial charge in [-0.1, -0.05) is 5.16 Å². The van der Waals surface area contributed by atoms with Crippen molar-refractivity contribution in [3.63, 3.8) is 0 Å². The van der Waals surface area contributed by atoms with E-state index in [1.165, 1.54) is 0 Å². The fourth-order valence-corrected chi connectivity index (χ4v) is 1.71. The Morgan fingerprint density at radius 1 is 1.53 bits per heavy atom. The molecule has 0 saturated carbocycles. The Morgan fingerprint density at radius 2 is 2.29 bits per heavy atom. The molecule has 0 aromatic carbocycles. The molecule has 1 aromatic heterocycles. The monoisotopic (exact) mass is 239 g/mol. The van der Waals surface area contributed by atoms with Crippen molar-refractivity contribution >= 4 is 5.91 Å². The number of carbonyl (C=O) groups is 1. The van der Waals surface area contributed by atoms with Crippen LogP contribution in [0.5, 0.6) is 0 Å². The van der Waals surface area contributed by atoms with Gasteiger partial charge in [-0.15, -0.1) is 0 Å². The van der Waals surface area contributed by atoms with Gasteiger partial charge in [0.1, 0.15) is 0 Å². The van der Waals surface area contributed by atoms with Crippen molar-refractivity contribution in [2.45, 2.75) is 13.5 Å². The van der Waals surface area contributed by atoms with E-state index in [2.05, 4.69) is 25.7 Å². The Hall–Kier alpha value is -1.47. The second kappa shape index (κ2) is 5.74. The van der Waals surface area contributed by atoms with Crippen molar-refractivity contribution in [1.82, 2.24) is 25.7 Å². The van der Waals surface area contributed by atoms with Gasteiger partial charge in [0.25, 0.3) is 0 Å². The van der Waals surface area contributed by atoms with Crippen LogP contribution in [-0.2, 0) is 11.3 Å². The molecular formula is C10H17N5O2. The van der Waals surface area contributed by atoms with Crippen LogP contribution in [0, 0.1) is 6.92 Å². The van der Waals surface area contributed by atoms with Crippen LogP contribution in [0.3, 0.4) is 0 Å².